The first kappa shape index (κ1) is 14.2. The molecule has 2 unspecified atom stereocenters. The van der Waals surface area contributed by atoms with Crippen molar-refractivity contribution in [3.8, 4) is 0 Å². The smallest absolute Gasteiger partial charge is 0.369 e. The number of hydrogen-bond acceptors (Lipinski definition) is 2. The van der Waals surface area contributed by atoms with Gasteiger partial charge in [0, 0.05) is 6.04 Å². The van der Waals surface area contributed by atoms with Crippen LogP contribution in [0.15, 0.2) is 18.2 Å². The van der Waals surface area contributed by atoms with E-state index in [2.05, 4.69) is 11.9 Å². The summed E-state index contributed by atoms with van der Waals surface area (Å²) in [6.45, 7) is 2.17. The summed E-state index contributed by atoms with van der Waals surface area (Å²) in [4.78, 5) is 4.14. The van der Waals surface area contributed by atoms with Crippen LogP contribution in [0.25, 0.3) is 11.0 Å². The van der Waals surface area contributed by atoms with Crippen LogP contribution in [-0.2, 0) is 6.18 Å². The van der Waals surface area contributed by atoms with E-state index in [4.69, 9.17) is 5.73 Å². The molecule has 1 saturated carbocycles. The molecular formula is C15H18F3N3. The summed E-state index contributed by atoms with van der Waals surface area (Å²) in [5.41, 5.74) is 6.31. The number of alkyl halides is 3. The minimum Gasteiger partial charge on any atom is -0.369 e. The van der Waals surface area contributed by atoms with Crippen LogP contribution < -0.4 is 5.73 Å². The molecule has 2 aromatic rings. The molecule has 21 heavy (non-hydrogen) atoms. The molecule has 1 aliphatic carbocycles. The number of aromatic nitrogens is 2. The molecular weight excluding hydrogens is 279 g/mol. The van der Waals surface area contributed by atoms with Crippen LogP contribution in [-0.4, -0.2) is 9.55 Å². The second-order valence-corrected chi connectivity index (χ2v) is 5.87. The number of fused-ring (bicyclic) bond motifs is 1. The molecule has 114 valence electrons. The fourth-order valence-corrected chi connectivity index (χ4v) is 3.32. The second-order valence-electron chi connectivity index (χ2n) is 5.87. The number of nitrogens with zero attached hydrogens (tertiary/aromatic N) is 2. The Kier molecular flexibility index (Phi) is 3.34. The number of hydrogen-bond donors (Lipinski definition) is 1. The highest BCUT2D eigenvalue weighted by molar-refractivity contribution is 5.79. The Bertz CT molecular complexity index is 660. The van der Waals surface area contributed by atoms with Gasteiger partial charge in [0.25, 0.3) is 0 Å². The zero-order valence-electron chi connectivity index (χ0n) is 11.8. The Labute approximate surface area is 121 Å². The predicted molar refractivity (Wildman–Crippen MR) is 75.8 cm³/mol. The van der Waals surface area contributed by atoms with Gasteiger partial charge in [0.15, 0.2) is 0 Å². The zero-order chi connectivity index (χ0) is 15.2. The summed E-state index contributed by atoms with van der Waals surface area (Å²) in [7, 11) is 0. The van der Waals surface area contributed by atoms with Crippen LogP contribution in [0, 0.1) is 5.92 Å². The predicted octanol–water partition coefficient (Wildman–Crippen LogP) is 4.39. The number of nitrogen functional groups attached to an aromatic ring is 1. The number of nitrogens with two attached hydrogens (primary N) is 1. The minimum absolute atomic E-state index is 0.223. The van der Waals surface area contributed by atoms with Gasteiger partial charge in [-0.05, 0) is 37.0 Å². The molecule has 0 amide bonds. The van der Waals surface area contributed by atoms with Crippen LogP contribution in [0.5, 0.6) is 0 Å². The highest BCUT2D eigenvalue weighted by Crippen LogP contribution is 2.38. The van der Waals surface area contributed by atoms with Crippen molar-refractivity contribution in [1.29, 1.82) is 0 Å². The van der Waals surface area contributed by atoms with E-state index in [1.807, 2.05) is 4.57 Å². The van der Waals surface area contributed by atoms with Gasteiger partial charge < -0.3 is 10.3 Å². The Morgan fingerprint density at radius 2 is 1.95 bits per heavy atom. The molecule has 0 bridgehead atoms. The quantitative estimate of drug-likeness (QED) is 0.848. The van der Waals surface area contributed by atoms with Gasteiger partial charge in [-0.15, -0.1) is 0 Å². The van der Waals surface area contributed by atoms with Gasteiger partial charge in [0.1, 0.15) is 0 Å². The zero-order valence-corrected chi connectivity index (χ0v) is 11.8. The van der Waals surface area contributed by atoms with Crippen LogP contribution in [0.1, 0.15) is 44.2 Å². The summed E-state index contributed by atoms with van der Waals surface area (Å²) in [5, 5.41) is 0. The molecule has 1 aromatic heterocycles. The Morgan fingerprint density at radius 1 is 1.24 bits per heavy atom. The molecule has 3 nitrogen and oxygen atoms in total. The Hall–Kier alpha value is -1.72. The molecule has 1 heterocycles. The molecule has 0 aliphatic heterocycles. The van der Waals surface area contributed by atoms with Crippen molar-refractivity contribution in [3.05, 3.63) is 23.8 Å². The number of benzene rings is 1. The maximum atomic E-state index is 12.8. The maximum absolute atomic E-state index is 12.8. The minimum atomic E-state index is -4.36. The second kappa shape index (κ2) is 4.93. The van der Waals surface area contributed by atoms with E-state index < -0.39 is 11.7 Å². The molecule has 1 aromatic carbocycles. The van der Waals surface area contributed by atoms with Crippen LogP contribution in [0.3, 0.4) is 0 Å². The van der Waals surface area contributed by atoms with Gasteiger partial charge in [0.05, 0.1) is 16.6 Å². The average Bonchev–Trinajstić information content (AvgIpc) is 2.73. The van der Waals surface area contributed by atoms with Gasteiger partial charge in [-0.2, -0.15) is 13.2 Å². The first-order chi connectivity index (χ1) is 9.88. The maximum Gasteiger partial charge on any atom is 0.416 e. The molecule has 1 aliphatic rings. The average molecular weight is 297 g/mol. The van der Waals surface area contributed by atoms with Crippen LogP contribution in [0.4, 0.5) is 19.1 Å². The number of halogens is 3. The van der Waals surface area contributed by atoms with Crippen molar-refractivity contribution < 1.29 is 13.2 Å². The van der Waals surface area contributed by atoms with Crippen molar-refractivity contribution in [2.24, 2.45) is 5.92 Å². The number of anilines is 1. The fraction of sp³-hybridized carbons (Fsp3) is 0.533. The molecule has 0 radical (unpaired) electrons. The van der Waals surface area contributed by atoms with E-state index in [0.717, 1.165) is 31.4 Å². The summed E-state index contributed by atoms with van der Waals surface area (Å²) >= 11 is 0. The van der Waals surface area contributed by atoms with Gasteiger partial charge >= 0.3 is 6.18 Å². The first-order valence-corrected chi connectivity index (χ1v) is 7.22. The van der Waals surface area contributed by atoms with E-state index >= 15 is 0 Å². The third kappa shape index (κ3) is 2.47. The van der Waals surface area contributed by atoms with E-state index in [1.54, 1.807) is 0 Å². The lowest BCUT2D eigenvalue weighted by molar-refractivity contribution is -0.137. The van der Waals surface area contributed by atoms with Gasteiger partial charge in [-0.1, -0.05) is 19.8 Å². The molecule has 1 fully saturated rings. The van der Waals surface area contributed by atoms with E-state index in [1.165, 1.54) is 12.5 Å². The third-order valence-electron chi connectivity index (χ3n) is 4.44. The third-order valence-corrected chi connectivity index (χ3v) is 4.44. The first-order valence-electron chi connectivity index (χ1n) is 7.22. The van der Waals surface area contributed by atoms with Crippen molar-refractivity contribution in [2.45, 2.75) is 44.8 Å². The lowest BCUT2D eigenvalue weighted by atomic mass is 9.85. The topological polar surface area (TPSA) is 43.8 Å². The lowest BCUT2D eigenvalue weighted by Crippen LogP contribution is -2.22. The summed E-state index contributed by atoms with van der Waals surface area (Å²) < 4.78 is 40.2. The standard InChI is InChI=1S/C15H18F3N3/c1-9-4-2-3-5-12(9)21-13-7-6-10(15(16,17)18)8-11(13)20-14(21)19/h6-9,12H,2-5H2,1H3,(H2,19,20). The number of imidazole rings is 1. The van der Waals surface area contributed by atoms with Gasteiger partial charge in [-0.3, -0.25) is 0 Å². The fourth-order valence-electron chi connectivity index (χ4n) is 3.32. The normalized spacial score (nSPS) is 23.6. The SMILES string of the molecule is CC1CCCCC1n1c(N)nc2cc(C(F)(F)F)ccc21. The van der Waals surface area contributed by atoms with Crippen molar-refractivity contribution in [1.82, 2.24) is 9.55 Å². The molecule has 0 saturated heterocycles. The number of rotatable bonds is 1. The van der Waals surface area contributed by atoms with Crippen molar-refractivity contribution in [2.75, 3.05) is 5.73 Å². The van der Waals surface area contributed by atoms with Crippen molar-refractivity contribution in [3.63, 3.8) is 0 Å². The largest absolute Gasteiger partial charge is 0.416 e. The monoisotopic (exact) mass is 297 g/mol. The van der Waals surface area contributed by atoms with E-state index in [9.17, 15) is 13.2 Å². The summed E-state index contributed by atoms with van der Waals surface area (Å²) in [6.07, 6.45) is 0.0737. The van der Waals surface area contributed by atoms with Crippen LogP contribution >= 0.6 is 0 Å². The Morgan fingerprint density at radius 3 is 2.62 bits per heavy atom. The van der Waals surface area contributed by atoms with Gasteiger partial charge in [-0.25, -0.2) is 4.98 Å². The highest BCUT2D eigenvalue weighted by Gasteiger charge is 2.32. The van der Waals surface area contributed by atoms with Gasteiger partial charge in [0.2, 0.25) is 5.95 Å². The highest BCUT2D eigenvalue weighted by atomic mass is 19.4. The molecule has 2 atom stereocenters. The Balaban J connectivity index is 2.09. The van der Waals surface area contributed by atoms with E-state index in [-0.39, 0.29) is 6.04 Å². The molecule has 6 heteroatoms. The van der Waals surface area contributed by atoms with E-state index in [0.29, 0.717) is 22.9 Å². The molecule has 3 rings (SSSR count). The van der Waals surface area contributed by atoms with Crippen LogP contribution in [0.2, 0.25) is 0 Å². The molecule has 2 N–H and O–H groups in total. The lowest BCUT2D eigenvalue weighted by Gasteiger charge is -2.31. The molecule has 0 spiro atoms. The van der Waals surface area contributed by atoms with Crippen molar-refractivity contribution >= 4 is 17.0 Å². The summed E-state index contributed by atoms with van der Waals surface area (Å²) in [5.74, 6) is 0.767. The summed E-state index contributed by atoms with van der Waals surface area (Å²) in [6, 6.07) is 3.90.